The SMILES string of the molecule is Cc1ccc([N+](=O)[O-])cc1NC(=O)C(=O)NCC(O)c1csc2ccccc12. The van der Waals surface area contributed by atoms with E-state index in [4.69, 9.17) is 0 Å². The molecule has 3 aromatic rings. The van der Waals surface area contributed by atoms with Crippen molar-refractivity contribution in [3.63, 3.8) is 0 Å². The third kappa shape index (κ3) is 4.16. The summed E-state index contributed by atoms with van der Waals surface area (Å²) in [6.07, 6.45) is -0.965. The predicted octanol–water partition coefficient (Wildman–Crippen LogP) is 2.91. The fourth-order valence-corrected chi connectivity index (χ4v) is 3.68. The van der Waals surface area contributed by atoms with Crippen molar-refractivity contribution in [2.45, 2.75) is 13.0 Å². The van der Waals surface area contributed by atoms with E-state index in [1.807, 2.05) is 29.6 Å². The van der Waals surface area contributed by atoms with Crippen LogP contribution in [0.25, 0.3) is 10.1 Å². The Morgan fingerprint density at radius 2 is 1.96 bits per heavy atom. The Bertz CT molecular complexity index is 1060. The van der Waals surface area contributed by atoms with Crippen LogP contribution in [0.2, 0.25) is 0 Å². The second kappa shape index (κ2) is 8.15. The highest BCUT2D eigenvalue weighted by Gasteiger charge is 2.19. The third-order valence-electron chi connectivity index (χ3n) is 4.21. The number of carbonyl (C=O) groups excluding carboxylic acids is 2. The molecule has 1 unspecified atom stereocenters. The van der Waals surface area contributed by atoms with Crippen molar-refractivity contribution in [2.75, 3.05) is 11.9 Å². The molecule has 0 bridgehead atoms. The van der Waals surface area contributed by atoms with Gasteiger partial charge in [0.15, 0.2) is 0 Å². The van der Waals surface area contributed by atoms with Gasteiger partial charge in [-0.25, -0.2) is 0 Å². The van der Waals surface area contributed by atoms with Gasteiger partial charge in [-0.1, -0.05) is 24.3 Å². The molecular formula is C19H17N3O5S. The quantitative estimate of drug-likeness (QED) is 0.346. The van der Waals surface area contributed by atoms with Gasteiger partial charge in [0.25, 0.3) is 5.69 Å². The van der Waals surface area contributed by atoms with E-state index in [1.54, 1.807) is 6.92 Å². The molecule has 2 amide bonds. The average molecular weight is 399 g/mol. The lowest BCUT2D eigenvalue weighted by Crippen LogP contribution is -2.37. The summed E-state index contributed by atoms with van der Waals surface area (Å²) >= 11 is 1.48. The number of anilines is 1. The molecule has 0 radical (unpaired) electrons. The number of amides is 2. The lowest BCUT2D eigenvalue weighted by Gasteiger charge is -2.12. The number of fused-ring (bicyclic) bond motifs is 1. The molecule has 0 aliphatic heterocycles. The molecule has 8 nitrogen and oxygen atoms in total. The largest absolute Gasteiger partial charge is 0.387 e. The van der Waals surface area contributed by atoms with Crippen molar-refractivity contribution < 1.29 is 19.6 Å². The van der Waals surface area contributed by atoms with Crippen molar-refractivity contribution in [3.05, 3.63) is 69.1 Å². The number of hydrogen-bond donors (Lipinski definition) is 3. The van der Waals surface area contributed by atoms with Gasteiger partial charge < -0.3 is 15.7 Å². The second-order valence-corrected chi connectivity index (χ2v) is 7.03. The Labute approximate surface area is 164 Å². The molecule has 3 N–H and O–H groups in total. The van der Waals surface area contributed by atoms with Crippen LogP contribution >= 0.6 is 11.3 Å². The summed E-state index contributed by atoms with van der Waals surface area (Å²) < 4.78 is 1.02. The Morgan fingerprint density at radius 1 is 1.21 bits per heavy atom. The van der Waals surface area contributed by atoms with Gasteiger partial charge in [0.1, 0.15) is 0 Å². The van der Waals surface area contributed by atoms with Crippen LogP contribution in [0.5, 0.6) is 0 Å². The number of aliphatic hydroxyl groups excluding tert-OH is 1. The van der Waals surface area contributed by atoms with Crippen LogP contribution in [0.1, 0.15) is 17.2 Å². The van der Waals surface area contributed by atoms with Gasteiger partial charge in [0.2, 0.25) is 0 Å². The average Bonchev–Trinajstić information content (AvgIpc) is 3.11. The standard InChI is InChI=1S/C19H17N3O5S/c1-11-6-7-12(22(26)27)8-15(11)21-19(25)18(24)20-9-16(23)14-10-28-17-5-3-2-4-13(14)17/h2-8,10,16,23H,9H2,1H3,(H,20,24)(H,21,25). The lowest BCUT2D eigenvalue weighted by molar-refractivity contribution is -0.384. The van der Waals surface area contributed by atoms with E-state index < -0.39 is 22.8 Å². The molecule has 1 atom stereocenters. The fourth-order valence-electron chi connectivity index (χ4n) is 2.67. The molecule has 0 fully saturated rings. The monoisotopic (exact) mass is 399 g/mol. The van der Waals surface area contributed by atoms with Crippen molar-refractivity contribution >= 4 is 44.6 Å². The summed E-state index contributed by atoms with van der Waals surface area (Å²) in [5.41, 5.74) is 1.24. The highest BCUT2D eigenvalue weighted by atomic mass is 32.1. The number of aryl methyl sites for hydroxylation is 1. The number of nitrogens with zero attached hydrogens (tertiary/aromatic N) is 1. The maximum Gasteiger partial charge on any atom is 0.313 e. The smallest absolute Gasteiger partial charge is 0.313 e. The maximum absolute atomic E-state index is 12.1. The van der Waals surface area contributed by atoms with E-state index in [2.05, 4.69) is 10.6 Å². The van der Waals surface area contributed by atoms with Crippen LogP contribution in [0.15, 0.2) is 47.8 Å². The normalized spacial score (nSPS) is 11.8. The van der Waals surface area contributed by atoms with Crippen LogP contribution in [-0.4, -0.2) is 28.4 Å². The maximum atomic E-state index is 12.1. The number of carbonyl (C=O) groups is 2. The van der Waals surface area contributed by atoms with Crippen molar-refractivity contribution in [1.82, 2.24) is 5.32 Å². The second-order valence-electron chi connectivity index (χ2n) is 6.12. The predicted molar refractivity (Wildman–Crippen MR) is 106 cm³/mol. The van der Waals surface area contributed by atoms with Gasteiger partial charge in [-0.15, -0.1) is 11.3 Å². The molecule has 0 aliphatic carbocycles. The summed E-state index contributed by atoms with van der Waals surface area (Å²) in [5.74, 6) is -1.91. The fraction of sp³-hybridized carbons (Fsp3) is 0.158. The van der Waals surface area contributed by atoms with Crippen LogP contribution in [0.3, 0.4) is 0 Å². The van der Waals surface area contributed by atoms with Crippen LogP contribution in [0, 0.1) is 17.0 Å². The summed E-state index contributed by atoms with van der Waals surface area (Å²) in [5, 5.41) is 28.7. The topological polar surface area (TPSA) is 122 Å². The number of thiophene rings is 1. The van der Waals surface area contributed by atoms with Gasteiger partial charge in [0.05, 0.1) is 16.7 Å². The first-order valence-electron chi connectivity index (χ1n) is 8.35. The number of nitrogens with one attached hydrogen (secondary N) is 2. The Morgan fingerprint density at radius 3 is 2.71 bits per heavy atom. The Hall–Kier alpha value is -3.30. The van der Waals surface area contributed by atoms with Crippen molar-refractivity contribution in [2.24, 2.45) is 0 Å². The number of benzene rings is 2. The number of hydrogen-bond acceptors (Lipinski definition) is 6. The molecule has 1 heterocycles. The van der Waals surface area contributed by atoms with Gasteiger partial charge in [0, 0.05) is 28.9 Å². The molecule has 0 saturated carbocycles. The van der Waals surface area contributed by atoms with E-state index in [-0.39, 0.29) is 17.9 Å². The number of aliphatic hydroxyl groups is 1. The number of nitro groups is 1. The summed E-state index contributed by atoms with van der Waals surface area (Å²) in [4.78, 5) is 34.4. The molecule has 0 aliphatic rings. The van der Waals surface area contributed by atoms with Gasteiger partial charge in [-0.2, -0.15) is 0 Å². The zero-order chi connectivity index (χ0) is 20.3. The first-order valence-corrected chi connectivity index (χ1v) is 9.23. The molecular weight excluding hydrogens is 382 g/mol. The first-order chi connectivity index (χ1) is 13.4. The minimum Gasteiger partial charge on any atom is -0.387 e. The minimum absolute atomic E-state index is 0.138. The van der Waals surface area contributed by atoms with Crippen LogP contribution in [-0.2, 0) is 9.59 Å². The number of rotatable bonds is 5. The molecule has 28 heavy (non-hydrogen) atoms. The van der Waals surface area contributed by atoms with Gasteiger partial charge in [-0.05, 0) is 29.3 Å². The summed E-state index contributed by atoms with van der Waals surface area (Å²) in [6.45, 7) is 1.52. The Balaban J connectivity index is 1.62. The highest BCUT2D eigenvalue weighted by Crippen LogP contribution is 2.29. The molecule has 9 heteroatoms. The van der Waals surface area contributed by atoms with Crippen LogP contribution < -0.4 is 10.6 Å². The zero-order valence-corrected chi connectivity index (χ0v) is 15.7. The molecule has 1 aromatic heterocycles. The minimum atomic E-state index is -0.967. The van der Waals surface area contributed by atoms with Crippen LogP contribution in [0.4, 0.5) is 11.4 Å². The summed E-state index contributed by atoms with van der Waals surface area (Å²) in [6, 6.07) is 11.6. The molecule has 3 rings (SSSR count). The molecule has 0 spiro atoms. The number of nitro benzene ring substituents is 1. The molecule has 2 aromatic carbocycles. The van der Waals surface area contributed by atoms with E-state index in [0.717, 1.165) is 10.1 Å². The molecule has 0 saturated heterocycles. The van der Waals surface area contributed by atoms with Gasteiger partial charge >= 0.3 is 11.8 Å². The highest BCUT2D eigenvalue weighted by molar-refractivity contribution is 7.17. The van der Waals surface area contributed by atoms with E-state index in [1.165, 1.54) is 29.5 Å². The van der Waals surface area contributed by atoms with E-state index in [9.17, 15) is 24.8 Å². The summed E-state index contributed by atoms with van der Waals surface area (Å²) in [7, 11) is 0. The first kappa shape index (κ1) is 19.5. The molecule has 144 valence electrons. The van der Waals surface area contributed by atoms with Gasteiger partial charge in [-0.3, -0.25) is 19.7 Å². The Kier molecular flexibility index (Phi) is 5.67. The third-order valence-corrected chi connectivity index (χ3v) is 5.19. The zero-order valence-electron chi connectivity index (χ0n) is 14.8. The number of non-ortho nitro benzene ring substituents is 1. The van der Waals surface area contributed by atoms with E-state index >= 15 is 0 Å². The van der Waals surface area contributed by atoms with E-state index in [0.29, 0.717) is 11.1 Å². The lowest BCUT2D eigenvalue weighted by atomic mass is 10.1. The van der Waals surface area contributed by atoms with Crippen molar-refractivity contribution in [1.29, 1.82) is 0 Å². The van der Waals surface area contributed by atoms with Crippen molar-refractivity contribution in [3.8, 4) is 0 Å².